The Morgan fingerprint density at radius 2 is 1.69 bits per heavy atom. The van der Waals surface area contributed by atoms with Crippen molar-refractivity contribution in [2.24, 2.45) is 0 Å². The quantitative estimate of drug-likeness (QED) is 0.561. The molecule has 0 saturated carbocycles. The highest BCUT2D eigenvalue weighted by Gasteiger charge is 2.21. The first kappa shape index (κ1) is 19.7. The summed E-state index contributed by atoms with van der Waals surface area (Å²) in [4.78, 5) is 21.5. The van der Waals surface area contributed by atoms with Gasteiger partial charge < -0.3 is 9.64 Å². The number of hydrogen-bond acceptors (Lipinski definition) is 5. The Kier molecular flexibility index (Phi) is 6.64. The monoisotopic (exact) mass is 407 g/mol. The van der Waals surface area contributed by atoms with E-state index in [2.05, 4.69) is 16.0 Å². The van der Waals surface area contributed by atoms with Gasteiger partial charge in [0.25, 0.3) is 0 Å². The van der Waals surface area contributed by atoms with E-state index in [0.29, 0.717) is 12.4 Å². The van der Waals surface area contributed by atoms with Gasteiger partial charge in [0, 0.05) is 38.1 Å². The molecule has 1 aliphatic heterocycles. The third kappa shape index (κ3) is 5.49. The van der Waals surface area contributed by atoms with Crippen LogP contribution in [0.2, 0.25) is 0 Å². The van der Waals surface area contributed by atoms with Crippen LogP contribution in [0.25, 0.3) is 10.9 Å². The number of para-hydroxylation sites is 2. The van der Waals surface area contributed by atoms with Crippen molar-refractivity contribution in [1.29, 1.82) is 0 Å². The zero-order chi connectivity index (χ0) is 19.9. The molecule has 1 amide bonds. The van der Waals surface area contributed by atoms with Crippen LogP contribution in [0.1, 0.15) is 0 Å². The molecule has 1 aromatic heterocycles. The number of amides is 1. The van der Waals surface area contributed by atoms with Crippen LogP contribution in [-0.2, 0) is 4.79 Å². The van der Waals surface area contributed by atoms with Crippen LogP contribution in [0.4, 0.5) is 0 Å². The van der Waals surface area contributed by atoms with Crippen LogP contribution in [0, 0.1) is 0 Å². The maximum absolute atomic E-state index is 12.6. The van der Waals surface area contributed by atoms with Crippen molar-refractivity contribution in [2.45, 2.75) is 5.03 Å². The smallest absolute Gasteiger partial charge is 0.233 e. The predicted octanol–water partition coefficient (Wildman–Crippen LogP) is 3.55. The number of piperazine rings is 1. The van der Waals surface area contributed by atoms with E-state index in [-0.39, 0.29) is 5.91 Å². The largest absolute Gasteiger partial charge is 0.492 e. The van der Waals surface area contributed by atoms with Crippen LogP contribution in [0.15, 0.2) is 71.8 Å². The first-order valence-corrected chi connectivity index (χ1v) is 10.9. The molecule has 4 rings (SSSR count). The second-order valence-electron chi connectivity index (χ2n) is 7.01. The van der Waals surface area contributed by atoms with Crippen molar-refractivity contribution in [2.75, 3.05) is 45.1 Å². The highest BCUT2D eigenvalue weighted by Crippen LogP contribution is 2.20. The first-order valence-electron chi connectivity index (χ1n) is 9.94. The molecule has 29 heavy (non-hydrogen) atoms. The van der Waals surface area contributed by atoms with E-state index in [4.69, 9.17) is 4.74 Å². The molecule has 0 atom stereocenters. The number of rotatable bonds is 7. The van der Waals surface area contributed by atoms with E-state index in [9.17, 15) is 4.79 Å². The molecule has 6 heteroatoms. The molecule has 0 bridgehead atoms. The molecule has 0 aliphatic carbocycles. The molecule has 3 aromatic rings. The number of fused-ring (bicyclic) bond motifs is 1. The summed E-state index contributed by atoms with van der Waals surface area (Å²) in [6.07, 6.45) is 0. The van der Waals surface area contributed by atoms with Gasteiger partial charge in [-0.3, -0.25) is 9.69 Å². The Morgan fingerprint density at radius 1 is 0.931 bits per heavy atom. The van der Waals surface area contributed by atoms with Crippen molar-refractivity contribution < 1.29 is 9.53 Å². The minimum Gasteiger partial charge on any atom is -0.492 e. The van der Waals surface area contributed by atoms with Gasteiger partial charge in [0.1, 0.15) is 12.4 Å². The lowest BCUT2D eigenvalue weighted by Gasteiger charge is -2.34. The number of pyridine rings is 1. The van der Waals surface area contributed by atoms with E-state index >= 15 is 0 Å². The zero-order valence-electron chi connectivity index (χ0n) is 16.4. The van der Waals surface area contributed by atoms with E-state index in [1.54, 1.807) is 0 Å². The Bertz CT molecular complexity index is 943. The van der Waals surface area contributed by atoms with E-state index in [1.807, 2.05) is 65.6 Å². The average Bonchev–Trinajstić information content (AvgIpc) is 2.78. The predicted molar refractivity (Wildman–Crippen MR) is 117 cm³/mol. The minimum absolute atomic E-state index is 0.185. The molecule has 2 aromatic carbocycles. The molecule has 0 radical (unpaired) electrons. The van der Waals surface area contributed by atoms with E-state index in [0.717, 1.165) is 54.4 Å². The molecule has 0 spiro atoms. The van der Waals surface area contributed by atoms with Crippen LogP contribution >= 0.6 is 11.8 Å². The molecule has 0 unspecified atom stereocenters. The van der Waals surface area contributed by atoms with Gasteiger partial charge in [0.15, 0.2) is 0 Å². The Hall–Kier alpha value is -2.57. The van der Waals surface area contributed by atoms with Gasteiger partial charge in [-0.25, -0.2) is 4.98 Å². The summed E-state index contributed by atoms with van der Waals surface area (Å²) in [5.74, 6) is 1.52. The molecule has 1 fully saturated rings. The summed E-state index contributed by atoms with van der Waals surface area (Å²) < 4.78 is 5.77. The molecular weight excluding hydrogens is 382 g/mol. The fourth-order valence-corrected chi connectivity index (χ4v) is 4.17. The summed E-state index contributed by atoms with van der Waals surface area (Å²) in [7, 11) is 0. The van der Waals surface area contributed by atoms with Crippen molar-refractivity contribution in [3.05, 3.63) is 66.7 Å². The number of carbonyl (C=O) groups excluding carboxylic acids is 1. The SMILES string of the molecule is O=C(CSc1ccc2ccccc2n1)N1CCN(CCOc2ccccc2)CC1. The van der Waals surface area contributed by atoms with Gasteiger partial charge in [-0.2, -0.15) is 0 Å². The normalized spacial score (nSPS) is 14.8. The van der Waals surface area contributed by atoms with Crippen molar-refractivity contribution in [1.82, 2.24) is 14.8 Å². The minimum atomic E-state index is 0.185. The summed E-state index contributed by atoms with van der Waals surface area (Å²) >= 11 is 1.51. The summed E-state index contributed by atoms with van der Waals surface area (Å²) in [5, 5.41) is 2.02. The number of aromatic nitrogens is 1. The second-order valence-corrected chi connectivity index (χ2v) is 8.01. The van der Waals surface area contributed by atoms with Crippen molar-refractivity contribution in [3.8, 4) is 5.75 Å². The number of hydrogen-bond donors (Lipinski definition) is 0. The molecule has 150 valence electrons. The fourth-order valence-electron chi connectivity index (χ4n) is 3.38. The summed E-state index contributed by atoms with van der Waals surface area (Å²) in [6.45, 7) is 4.88. The van der Waals surface area contributed by atoms with E-state index in [1.165, 1.54) is 11.8 Å². The Balaban J connectivity index is 1.18. The number of carbonyl (C=O) groups is 1. The topological polar surface area (TPSA) is 45.7 Å². The molecule has 1 saturated heterocycles. The van der Waals surface area contributed by atoms with Crippen LogP contribution in [0.3, 0.4) is 0 Å². The lowest BCUT2D eigenvalue weighted by molar-refractivity contribution is -0.130. The molecule has 5 nitrogen and oxygen atoms in total. The average molecular weight is 408 g/mol. The third-order valence-corrected chi connectivity index (χ3v) is 5.98. The van der Waals surface area contributed by atoms with Gasteiger partial charge >= 0.3 is 0 Å². The highest BCUT2D eigenvalue weighted by molar-refractivity contribution is 7.99. The highest BCUT2D eigenvalue weighted by atomic mass is 32.2. The maximum atomic E-state index is 12.6. The van der Waals surface area contributed by atoms with Gasteiger partial charge in [-0.15, -0.1) is 0 Å². The van der Waals surface area contributed by atoms with E-state index < -0.39 is 0 Å². The van der Waals surface area contributed by atoms with Crippen molar-refractivity contribution in [3.63, 3.8) is 0 Å². The van der Waals surface area contributed by atoms with Gasteiger partial charge in [0.2, 0.25) is 5.91 Å². The molecular formula is C23H25N3O2S. The standard InChI is InChI=1S/C23H25N3O2S/c27-23(18-29-22-11-10-19-6-4-5-9-21(19)24-22)26-14-12-25(13-15-26)16-17-28-20-7-2-1-3-8-20/h1-11H,12-18H2. The molecule has 0 N–H and O–H groups in total. The number of nitrogens with zero attached hydrogens (tertiary/aromatic N) is 3. The maximum Gasteiger partial charge on any atom is 0.233 e. The third-order valence-electron chi connectivity index (χ3n) is 5.06. The Labute approximate surface area is 175 Å². The lowest BCUT2D eigenvalue weighted by atomic mass is 10.2. The number of benzene rings is 2. The van der Waals surface area contributed by atoms with Crippen molar-refractivity contribution >= 4 is 28.6 Å². The van der Waals surface area contributed by atoms with Gasteiger partial charge in [-0.1, -0.05) is 54.2 Å². The van der Waals surface area contributed by atoms with Crippen LogP contribution < -0.4 is 4.74 Å². The molecule has 1 aliphatic rings. The number of thioether (sulfide) groups is 1. The lowest BCUT2D eigenvalue weighted by Crippen LogP contribution is -2.50. The van der Waals surface area contributed by atoms with Gasteiger partial charge in [0.05, 0.1) is 16.3 Å². The second kappa shape index (κ2) is 9.76. The van der Waals surface area contributed by atoms with Gasteiger partial charge in [-0.05, 0) is 24.3 Å². The Morgan fingerprint density at radius 3 is 2.52 bits per heavy atom. The van der Waals surface area contributed by atoms with Crippen LogP contribution in [-0.4, -0.2) is 65.8 Å². The summed E-state index contributed by atoms with van der Waals surface area (Å²) in [6, 6.07) is 22.0. The summed E-state index contributed by atoms with van der Waals surface area (Å²) in [5.41, 5.74) is 0.969. The zero-order valence-corrected chi connectivity index (χ0v) is 17.2. The molecule has 2 heterocycles. The first-order chi connectivity index (χ1) is 14.3. The fraction of sp³-hybridized carbons (Fsp3) is 0.304. The van der Waals surface area contributed by atoms with Crippen LogP contribution in [0.5, 0.6) is 5.75 Å². The number of ether oxygens (including phenoxy) is 1.